The summed E-state index contributed by atoms with van der Waals surface area (Å²) in [5, 5.41) is 2.90. The van der Waals surface area contributed by atoms with Gasteiger partial charge in [0.15, 0.2) is 5.76 Å². The zero-order valence-corrected chi connectivity index (χ0v) is 16.0. The first-order chi connectivity index (χ1) is 13.5. The number of nitrogens with one attached hydrogen (secondary N) is 1. The fourth-order valence-corrected chi connectivity index (χ4v) is 2.92. The molecule has 0 saturated heterocycles. The first-order valence-corrected chi connectivity index (χ1v) is 8.97. The van der Waals surface area contributed by atoms with Crippen LogP contribution < -0.4 is 10.2 Å². The van der Waals surface area contributed by atoms with Crippen molar-refractivity contribution >= 4 is 23.2 Å². The summed E-state index contributed by atoms with van der Waals surface area (Å²) in [6.07, 6.45) is 1.43. The third-order valence-corrected chi connectivity index (χ3v) is 4.31. The van der Waals surface area contributed by atoms with Crippen LogP contribution in [0, 0.1) is 0 Å². The summed E-state index contributed by atoms with van der Waals surface area (Å²) in [4.78, 5) is 28.1. The highest BCUT2D eigenvalue weighted by atomic mass is 16.3. The summed E-state index contributed by atoms with van der Waals surface area (Å²) in [7, 11) is 3.54. The third-order valence-electron chi connectivity index (χ3n) is 4.31. The summed E-state index contributed by atoms with van der Waals surface area (Å²) in [6.45, 7) is 0.640. The summed E-state index contributed by atoms with van der Waals surface area (Å²) >= 11 is 0. The predicted octanol–water partition coefficient (Wildman–Crippen LogP) is 3.63. The van der Waals surface area contributed by atoms with Gasteiger partial charge >= 0.3 is 0 Å². The van der Waals surface area contributed by atoms with Crippen molar-refractivity contribution in [2.24, 2.45) is 0 Å². The second kappa shape index (κ2) is 8.90. The molecule has 2 amide bonds. The van der Waals surface area contributed by atoms with E-state index in [0.29, 0.717) is 12.2 Å². The van der Waals surface area contributed by atoms with Crippen molar-refractivity contribution in [2.45, 2.75) is 6.54 Å². The molecule has 0 saturated carbocycles. The predicted molar refractivity (Wildman–Crippen MR) is 109 cm³/mol. The van der Waals surface area contributed by atoms with E-state index < -0.39 is 0 Å². The van der Waals surface area contributed by atoms with Gasteiger partial charge in [-0.05, 0) is 29.8 Å². The monoisotopic (exact) mass is 377 g/mol. The van der Waals surface area contributed by atoms with Crippen molar-refractivity contribution < 1.29 is 14.0 Å². The molecule has 0 fully saturated rings. The van der Waals surface area contributed by atoms with Gasteiger partial charge in [0.05, 0.1) is 24.2 Å². The lowest BCUT2D eigenvalue weighted by atomic mass is 10.2. The van der Waals surface area contributed by atoms with E-state index in [1.165, 1.54) is 16.7 Å². The third kappa shape index (κ3) is 4.79. The Balaban J connectivity index is 1.65. The molecule has 0 unspecified atom stereocenters. The molecule has 0 aliphatic rings. The molecule has 0 spiro atoms. The Morgan fingerprint density at radius 1 is 0.929 bits per heavy atom. The van der Waals surface area contributed by atoms with E-state index in [2.05, 4.69) is 22.3 Å². The Morgan fingerprint density at radius 2 is 1.64 bits per heavy atom. The van der Waals surface area contributed by atoms with Crippen LogP contribution >= 0.6 is 0 Å². The van der Waals surface area contributed by atoms with Gasteiger partial charge in [0.2, 0.25) is 5.91 Å². The largest absolute Gasteiger partial charge is 0.459 e. The molecule has 6 nitrogen and oxygen atoms in total. The Hall–Kier alpha value is -3.54. The van der Waals surface area contributed by atoms with Crippen LogP contribution in [0.25, 0.3) is 0 Å². The average molecular weight is 377 g/mol. The zero-order valence-electron chi connectivity index (χ0n) is 16.0. The second-order valence-electron chi connectivity index (χ2n) is 6.55. The molecular formula is C22H23N3O3. The second-order valence-corrected chi connectivity index (χ2v) is 6.55. The summed E-state index contributed by atoms with van der Waals surface area (Å²) < 4.78 is 5.09. The smallest absolute Gasteiger partial charge is 0.289 e. The van der Waals surface area contributed by atoms with Crippen LogP contribution in [0.2, 0.25) is 0 Å². The Morgan fingerprint density at radius 3 is 2.36 bits per heavy atom. The van der Waals surface area contributed by atoms with Crippen LogP contribution in [0.15, 0.2) is 77.4 Å². The quantitative estimate of drug-likeness (QED) is 0.683. The van der Waals surface area contributed by atoms with E-state index in [1.807, 2.05) is 49.5 Å². The summed E-state index contributed by atoms with van der Waals surface area (Å²) in [6, 6.07) is 20.9. The van der Waals surface area contributed by atoms with Gasteiger partial charge in [-0.3, -0.25) is 9.59 Å². The molecule has 1 N–H and O–H groups in total. The molecule has 0 aliphatic carbocycles. The maximum Gasteiger partial charge on any atom is 0.289 e. The van der Waals surface area contributed by atoms with E-state index in [4.69, 9.17) is 4.42 Å². The van der Waals surface area contributed by atoms with E-state index in [1.54, 1.807) is 19.2 Å². The number of nitrogens with zero attached hydrogens (tertiary/aromatic N) is 2. The van der Waals surface area contributed by atoms with Crippen LogP contribution in [0.1, 0.15) is 16.1 Å². The van der Waals surface area contributed by atoms with E-state index in [0.717, 1.165) is 5.69 Å². The van der Waals surface area contributed by atoms with Gasteiger partial charge < -0.3 is 19.5 Å². The summed E-state index contributed by atoms with van der Waals surface area (Å²) in [5.74, 6) is -0.407. The number of likely N-dealkylation sites (N-methyl/N-ethyl adjacent to an activating group) is 1. The van der Waals surface area contributed by atoms with E-state index >= 15 is 0 Å². The van der Waals surface area contributed by atoms with Crippen LogP contribution in [-0.2, 0) is 11.3 Å². The van der Waals surface area contributed by atoms with Crippen LogP contribution in [0.4, 0.5) is 11.4 Å². The average Bonchev–Trinajstić information content (AvgIpc) is 3.23. The number of anilines is 2. The Kier molecular flexibility index (Phi) is 6.11. The molecule has 6 heteroatoms. The van der Waals surface area contributed by atoms with Crippen molar-refractivity contribution in [1.82, 2.24) is 4.90 Å². The molecule has 1 heterocycles. The van der Waals surface area contributed by atoms with Crippen molar-refractivity contribution in [3.8, 4) is 0 Å². The highest BCUT2D eigenvalue weighted by Gasteiger charge is 2.18. The van der Waals surface area contributed by atoms with Gasteiger partial charge in [-0.25, -0.2) is 0 Å². The normalized spacial score (nSPS) is 10.4. The minimum atomic E-state index is -0.338. The topological polar surface area (TPSA) is 65.8 Å². The SMILES string of the molecule is CN(CC(=O)Nc1ccccc1N(C)Cc1ccccc1)C(=O)c1ccco1. The van der Waals surface area contributed by atoms with Gasteiger partial charge in [0, 0.05) is 20.6 Å². The van der Waals surface area contributed by atoms with E-state index in [-0.39, 0.29) is 24.1 Å². The first-order valence-electron chi connectivity index (χ1n) is 8.97. The number of rotatable bonds is 7. The van der Waals surface area contributed by atoms with Gasteiger partial charge in [0.25, 0.3) is 5.91 Å². The molecule has 0 radical (unpaired) electrons. The number of benzene rings is 2. The highest BCUT2D eigenvalue weighted by molar-refractivity contribution is 5.99. The van der Waals surface area contributed by atoms with Gasteiger partial charge in [-0.1, -0.05) is 42.5 Å². The number of furan rings is 1. The number of carbonyl (C=O) groups is 2. The van der Waals surface area contributed by atoms with Gasteiger partial charge in [-0.15, -0.1) is 0 Å². The fourth-order valence-electron chi connectivity index (χ4n) is 2.92. The van der Waals surface area contributed by atoms with Crippen LogP contribution in [0.3, 0.4) is 0 Å². The Labute approximate surface area is 164 Å². The molecule has 0 aliphatic heterocycles. The van der Waals surface area contributed by atoms with Crippen molar-refractivity contribution in [3.63, 3.8) is 0 Å². The number of hydrogen-bond acceptors (Lipinski definition) is 4. The molecule has 2 aromatic carbocycles. The molecule has 3 aromatic rings. The highest BCUT2D eigenvalue weighted by Crippen LogP contribution is 2.26. The fraction of sp³-hybridized carbons (Fsp3) is 0.182. The number of amides is 2. The number of hydrogen-bond donors (Lipinski definition) is 1. The maximum atomic E-state index is 12.5. The molecule has 28 heavy (non-hydrogen) atoms. The number of para-hydroxylation sites is 2. The van der Waals surface area contributed by atoms with E-state index in [9.17, 15) is 9.59 Å². The van der Waals surface area contributed by atoms with Gasteiger partial charge in [-0.2, -0.15) is 0 Å². The summed E-state index contributed by atoms with van der Waals surface area (Å²) in [5.41, 5.74) is 2.78. The lowest BCUT2D eigenvalue weighted by molar-refractivity contribution is -0.116. The van der Waals surface area contributed by atoms with Crippen LogP contribution in [0.5, 0.6) is 0 Å². The standard InChI is InChI=1S/C22H23N3O3/c1-24(15-17-9-4-3-5-10-17)19-12-7-6-11-18(19)23-21(26)16-25(2)22(27)20-13-8-14-28-20/h3-14H,15-16H2,1-2H3,(H,23,26). The maximum absolute atomic E-state index is 12.5. The zero-order chi connectivity index (χ0) is 19.9. The molecule has 0 atom stereocenters. The molecule has 144 valence electrons. The molecule has 1 aromatic heterocycles. The Bertz CT molecular complexity index is 923. The lowest BCUT2D eigenvalue weighted by Crippen LogP contribution is -2.35. The first kappa shape index (κ1) is 19.2. The number of carbonyl (C=O) groups excluding carboxylic acids is 2. The minimum absolute atomic E-state index is 0.0731. The van der Waals surface area contributed by atoms with Gasteiger partial charge in [0.1, 0.15) is 0 Å². The minimum Gasteiger partial charge on any atom is -0.459 e. The molecular weight excluding hydrogens is 354 g/mol. The van der Waals surface area contributed by atoms with Crippen molar-refractivity contribution in [1.29, 1.82) is 0 Å². The van der Waals surface area contributed by atoms with Crippen molar-refractivity contribution in [3.05, 3.63) is 84.3 Å². The van der Waals surface area contributed by atoms with Crippen molar-refractivity contribution in [2.75, 3.05) is 30.9 Å². The lowest BCUT2D eigenvalue weighted by Gasteiger charge is -2.23. The molecule has 3 rings (SSSR count). The van der Waals surface area contributed by atoms with Crippen LogP contribution in [-0.4, -0.2) is 37.4 Å². The molecule has 0 bridgehead atoms.